The number of nitrogens with one attached hydrogen (secondary N) is 1. The Morgan fingerprint density at radius 2 is 1.94 bits per heavy atom. The van der Waals surface area contributed by atoms with Gasteiger partial charge in [-0.15, -0.1) is 11.6 Å². The van der Waals surface area contributed by atoms with Crippen LogP contribution in [0, 0.1) is 19.3 Å². The predicted octanol–water partition coefficient (Wildman–Crippen LogP) is 3.55. The molecule has 0 fully saturated rings. The molecule has 1 aromatic rings. The zero-order valence-corrected chi connectivity index (χ0v) is 12.1. The minimum Gasteiger partial charge on any atom is -0.367 e. The van der Waals surface area contributed by atoms with E-state index >= 15 is 0 Å². The molecule has 0 aliphatic rings. The van der Waals surface area contributed by atoms with Crippen LogP contribution in [0.1, 0.15) is 38.7 Å². The van der Waals surface area contributed by atoms with Gasteiger partial charge in [0.15, 0.2) is 0 Å². The topological polar surface area (TPSA) is 37.8 Å². The molecule has 1 unspecified atom stereocenters. The molecule has 1 atom stereocenters. The molecule has 0 saturated heterocycles. The van der Waals surface area contributed by atoms with Crippen LogP contribution in [0.5, 0.6) is 0 Å². The summed E-state index contributed by atoms with van der Waals surface area (Å²) >= 11 is 5.86. The summed E-state index contributed by atoms with van der Waals surface area (Å²) in [5, 5.41) is 3.47. The zero-order chi connectivity index (χ0) is 13.1. The van der Waals surface area contributed by atoms with E-state index < -0.39 is 0 Å². The number of anilines is 1. The molecule has 0 aliphatic carbocycles. The summed E-state index contributed by atoms with van der Waals surface area (Å²) in [4.78, 5) is 8.68. The van der Waals surface area contributed by atoms with Gasteiger partial charge in [-0.25, -0.2) is 9.97 Å². The number of nitrogens with zero attached hydrogens (tertiary/aromatic N) is 2. The molecular formula is C13H22ClN3. The number of hydrogen-bond acceptors (Lipinski definition) is 3. The molecule has 1 heterocycles. The largest absolute Gasteiger partial charge is 0.367 e. The highest BCUT2D eigenvalue weighted by Crippen LogP contribution is 2.25. The predicted molar refractivity (Wildman–Crippen MR) is 73.7 cm³/mol. The van der Waals surface area contributed by atoms with Crippen LogP contribution >= 0.6 is 11.6 Å². The summed E-state index contributed by atoms with van der Waals surface area (Å²) < 4.78 is 0. The van der Waals surface area contributed by atoms with Crippen molar-refractivity contribution in [2.24, 2.45) is 5.41 Å². The van der Waals surface area contributed by atoms with Crippen LogP contribution in [-0.2, 0) is 0 Å². The maximum absolute atomic E-state index is 5.86. The maximum Gasteiger partial charge on any atom is 0.130 e. The molecule has 0 saturated carbocycles. The normalized spacial score (nSPS) is 13.5. The van der Waals surface area contributed by atoms with E-state index in [4.69, 9.17) is 11.6 Å². The monoisotopic (exact) mass is 255 g/mol. The highest BCUT2D eigenvalue weighted by molar-refractivity contribution is 6.17. The fourth-order valence-electron chi connectivity index (χ4n) is 1.80. The van der Waals surface area contributed by atoms with Crippen molar-refractivity contribution < 1.29 is 0 Å². The fourth-order valence-corrected chi connectivity index (χ4v) is 2.02. The van der Waals surface area contributed by atoms with Gasteiger partial charge >= 0.3 is 0 Å². The molecule has 17 heavy (non-hydrogen) atoms. The van der Waals surface area contributed by atoms with Crippen LogP contribution < -0.4 is 5.32 Å². The van der Waals surface area contributed by atoms with Crippen LogP contribution in [0.3, 0.4) is 0 Å². The summed E-state index contributed by atoms with van der Waals surface area (Å²) in [6, 6.07) is 2.29. The number of aryl methyl sites for hydroxylation is 2. The first-order valence-electron chi connectivity index (χ1n) is 5.97. The molecule has 0 aromatic carbocycles. The smallest absolute Gasteiger partial charge is 0.130 e. The lowest BCUT2D eigenvalue weighted by Gasteiger charge is -2.31. The second-order valence-corrected chi connectivity index (χ2v) is 5.86. The molecule has 0 radical (unpaired) electrons. The third-order valence-electron chi connectivity index (χ3n) is 2.73. The second-order valence-electron chi connectivity index (χ2n) is 5.48. The Bertz CT molecular complexity index is 351. The van der Waals surface area contributed by atoms with Crippen molar-refractivity contribution in [2.75, 3.05) is 11.2 Å². The fraction of sp³-hybridized carbons (Fsp3) is 0.692. The number of rotatable bonds is 4. The van der Waals surface area contributed by atoms with Crippen molar-refractivity contribution in [3.8, 4) is 0 Å². The van der Waals surface area contributed by atoms with Crippen molar-refractivity contribution in [2.45, 2.75) is 47.1 Å². The summed E-state index contributed by atoms with van der Waals surface area (Å²) in [6.07, 6.45) is 0.924. The first-order chi connectivity index (χ1) is 7.82. The van der Waals surface area contributed by atoms with E-state index in [1.165, 1.54) is 0 Å². The lowest BCUT2D eigenvalue weighted by Crippen LogP contribution is -2.34. The molecule has 1 aromatic heterocycles. The van der Waals surface area contributed by atoms with E-state index in [1.54, 1.807) is 0 Å². The maximum atomic E-state index is 5.86. The van der Waals surface area contributed by atoms with Crippen LogP contribution in [0.15, 0.2) is 6.07 Å². The lowest BCUT2D eigenvalue weighted by molar-refractivity contribution is 0.334. The summed E-state index contributed by atoms with van der Waals surface area (Å²) in [5.74, 6) is 2.34. The zero-order valence-electron chi connectivity index (χ0n) is 11.3. The minimum absolute atomic E-state index is 0.154. The van der Waals surface area contributed by atoms with Crippen LogP contribution in [0.4, 0.5) is 5.82 Å². The molecule has 1 rings (SSSR count). The minimum atomic E-state index is 0.154. The molecule has 0 bridgehead atoms. The van der Waals surface area contributed by atoms with Crippen LogP contribution in [-0.4, -0.2) is 21.9 Å². The van der Waals surface area contributed by atoms with E-state index in [-0.39, 0.29) is 5.41 Å². The second kappa shape index (κ2) is 5.67. The van der Waals surface area contributed by atoms with Crippen LogP contribution in [0.25, 0.3) is 0 Å². The standard InChI is InChI=1S/C13H22ClN3/c1-9-8-12(16-10(2)15-9)17-11(6-7-14)13(3,4)5/h8,11H,6-7H2,1-5H3,(H,15,16,17). The quantitative estimate of drug-likeness (QED) is 0.837. The van der Waals surface area contributed by atoms with Gasteiger partial charge in [-0.05, 0) is 25.7 Å². The first kappa shape index (κ1) is 14.2. The Balaban J connectivity index is 2.86. The summed E-state index contributed by atoms with van der Waals surface area (Å²) in [6.45, 7) is 10.5. The number of hydrogen-bond donors (Lipinski definition) is 1. The first-order valence-corrected chi connectivity index (χ1v) is 6.51. The highest BCUT2D eigenvalue weighted by Gasteiger charge is 2.24. The van der Waals surface area contributed by atoms with Gasteiger partial charge in [-0.2, -0.15) is 0 Å². The van der Waals surface area contributed by atoms with E-state index in [0.717, 1.165) is 23.8 Å². The van der Waals surface area contributed by atoms with E-state index in [9.17, 15) is 0 Å². The van der Waals surface area contributed by atoms with E-state index in [2.05, 4.69) is 36.1 Å². The third-order valence-corrected chi connectivity index (χ3v) is 2.95. The molecule has 96 valence electrons. The number of halogens is 1. The Hall–Kier alpha value is -0.830. The highest BCUT2D eigenvalue weighted by atomic mass is 35.5. The average Bonchev–Trinajstić information content (AvgIpc) is 2.13. The van der Waals surface area contributed by atoms with Gasteiger partial charge in [0.1, 0.15) is 11.6 Å². The van der Waals surface area contributed by atoms with Gasteiger partial charge in [0.25, 0.3) is 0 Å². The van der Waals surface area contributed by atoms with E-state index in [0.29, 0.717) is 11.9 Å². The van der Waals surface area contributed by atoms with Crippen molar-refractivity contribution >= 4 is 17.4 Å². The van der Waals surface area contributed by atoms with Gasteiger partial charge in [0, 0.05) is 23.7 Å². The van der Waals surface area contributed by atoms with Gasteiger partial charge in [0.05, 0.1) is 0 Å². The van der Waals surface area contributed by atoms with Gasteiger partial charge in [-0.3, -0.25) is 0 Å². The van der Waals surface area contributed by atoms with Crippen molar-refractivity contribution in [1.29, 1.82) is 0 Å². The number of aromatic nitrogens is 2. The molecule has 1 N–H and O–H groups in total. The van der Waals surface area contributed by atoms with Crippen molar-refractivity contribution in [3.63, 3.8) is 0 Å². The summed E-state index contributed by atoms with van der Waals surface area (Å²) in [5.41, 5.74) is 1.14. The number of alkyl halides is 1. The van der Waals surface area contributed by atoms with E-state index in [1.807, 2.05) is 19.9 Å². The Morgan fingerprint density at radius 1 is 1.29 bits per heavy atom. The van der Waals surface area contributed by atoms with Gasteiger partial charge < -0.3 is 5.32 Å². The Labute approximate surface area is 109 Å². The molecule has 4 heteroatoms. The van der Waals surface area contributed by atoms with Gasteiger partial charge in [0.2, 0.25) is 0 Å². The average molecular weight is 256 g/mol. The lowest BCUT2D eigenvalue weighted by atomic mass is 9.85. The molecular weight excluding hydrogens is 234 g/mol. The molecule has 0 spiro atoms. The summed E-state index contributed by atoms with van der Waals surface area (Å²) in [7, 11) is 0. The van der Waals surface area contributed by atoms with Gasteiger partial charge in [-0.1, -0.05) is 20.8 Å². The Morgan fingerprint density at radius 3 is 2.41 bits per heavy atom. The van der Waals surface area contributed by atoms with Crippen molar-refractivity contribution in [3.05, 3.63) is 17.6 Å². The molecule has 3 nitrogen and oxygen atoms in total. The molecule has 0 aliphatic heterocycles. The SMILES string of the molecule is Cc1cc(NC(CCCl)C(C)(C)C)nc(C)n1. The third kappa shape index (κ3) is 4.50. The molecule has 0 amide bonds. The Kier molecular flexibility index (Phi) is 4.75. The van der Waals surface area contributed by atoms with Crippen molar-refractivity contribution in [1.82, 2.24) is 9.97 Å². The van der Waals surface area contributed by atoms with Crippen LogP contribution in [0.2, 0.25) is 0 Å².